The van der Waals surface area contributed by atoms with Crippen LogP contribution in [0.1, 0.15) is 0 Å². The van der Waals surface area contributed by atoms with Crippen LogP contribution in [-0.2, 0) is 0 Å². The lowest BCUT2D eigenvalue weighted by Crippen LogP contribution is -2.12. The van der Waals surface area contributed by atoms with Crippen LogP contribution in [0.25, 0.3) is 11.1 Å². The van der Waals surface area contributed by atoms with Gasteiger partial charge in [0.2, 0.25) is 5.95 Å². The standard InChI is InChI=1S/C18H17N3O/c1-21(16-8-4-3-5-9-16)18-19-12-15(13-20-18)14-7-6-10-17(11-14)22-2/h3-13H,1-2H3. The molecule has 0 aliphatic carbocycles. The van der Waals surface area contributed by atoms with E-state index in [1.807, 2.05) is 78.9 Å². The van der Waals surface area contributed by atoms with E-state index in [4.69, 9.17) is 4.74 Å². The Balaban J connectivity index is 1.86. The molecule has 0 aliphatic rings. The van der Waals surface area contributed by atoms with Gasteiger partial charge in [-0.25, -0.2) is 9.97 Å². The van der Waals surface area contributed by atoms with Gasteiger partial charge in [0.15, 0.2) is 0 Å². The third-order valence-electron chi connectivity index (χ3n) is 3.48. The molecule has 22 heavy (non-hydrogen) atoms. The number of aromatic nitrogens is 2. The zero-order chi connectivity index (χ0) is 15.4. The van der Waals surface area contributed by atoms with E-state index in [0.717, 1.165) is 22.6 Å². The first-order chi connectivity index (χ1) is 10.8. The number of hydrogen-bond donors (Lipinski definition) is 0. The van der Waals surface area contributed by atoms with Crippen molar-refractivity contribution < 1.29 is 4.74 Å². The first-order valence-electron chi connectivity index (χ1n) is 7.03. The summed E-state index contributed by atoms with van der Waals surface area (Å²) in [6.07, 6.45) is 3.66. The Bertz CT molecular complexity index is 742. The fourth-order valence-electron chi connectivity index (χ4n) is 2.21. The Kier molecular flexibility index (Phi) is 4.01. The topological polar surface area (TPSA) is 38.2 Å². The SMILES string of the molecule is COc1cccc(-c2cnc(N(C)c3ccccc3)nc2)c1. The van der Waals surface area contributed by atoms with Gasteiger partial charge in [-0.1, -0.05) is 30.3 Å². The minimum absolute atomic E-state index is 0.665. The van der Waals surface area contributed by atoms with Gasteiger partial charge in [-0.05, 0) is 29.8 Å². The molecule has 0 amide bonds. The number of methoxy groups -OCH3 is 1. The van der Waals surface area contributed by atoms with Crippen LogP contribution < -0.4 is 9.64 Å². The normalized spacial score (nSPS) is 10.3. The van der Waals surface area contributed by atoms with Gasteiger partial charge in [0.25, 0.3) is 0 Å². The highest BCUT2D eigenvalue weighted by Gasteiger charge is 2.07. The zero-order valence-electron chi connectivity index (χ0n) is 12.6. The second-order valence-corrected chi connectivity index (χ2v) is 4.90. The Hall–Kier alpha value is -2.88. The molecule has 0 fully saturated rings. The quantitative estimate of drug-likeness (QED) is 0.730. The van der Waals surface area contributed by atoms with Crippen LogP contribution in [0.15, 0.2) is 67.0 Å². The molecule has 1 heterocycles. The van der Waals surface area contributed by atoms with Crippen LogP contribution in [0.4, 0.5) is 11.6 Å². The minimum Gasteiger partial charge on any atom is -0.497 e. The molecule has 0 N–H and O–H groups in total. The predicted molar refractivity (Wildman–Crippen MR) is 88.5 cm³/mol. The lowest BCUT2D eigenvalue weighted by Gasteiger charge is -2.17. The Labute approximate surface area is 130 Å². The first kappa shape index (κ1) is 14.1. The van der Waals surface area contributed by atoms with Crippen LogP contribution in [0.3, 0.4) is 0 Å². The summed E-state index contributed by atoms with van der Waals surface area (Å²) in [6, 6.07) is 17.9. The highest BCUT2D eigenvalue weighted by Crippen LogP contribution is 2.24. The van der Waals surface area contributed by atoms with Gasteiger partial charge in [0, 0.05) is 30.7 Å². The maximum Gasteiger partial charge on any atom is 0.229 e. The van der Waals surface area contributed by atoms with E-state index >= 15 is 0 Å². The summed E-state index contributed by atoms with van der Waals surface area (Å²) in [6.45, 7) is 0. The van der Waals surface area contributed by atoms with Crippen LogP contribution in [0, 0.1) is 0 Å². The smallest absolute Gasteiger partial charge is 0.229 e. The fourth-order valence-corrected chi connectivity index (χ4v) is 2.21. The predicted octanol–water partition coefficient (Wildman–Crippen LogP) is 3.92. The number of hydrogen-bond acceptors (Lipinski definition) is 4. The summed E-state index contributed by atoms with van der Waals surface area (Å²) in [7, 11) is 3.61. The molecule has 3 aromatic rings. The van der Waals surface area contributed by atoms with Crippen LogP contribution in [0.5, 0.6) is 5.75 Å². The highest BCUT2D eigenvalue weighted by molar-refractivity contribution is 5.64. The van der Waals surface area contributed by atoms with E-state index in [-0.39, 0.29) is 0 Å². The summed E-state index contributed by atoms with van der Waals surface area (Å²) in [5.74, 6) is 1.49. The van der Waals surface area contributed by atoms with Crippen molar-refractivity contribution in [3.63, 3.8) is 0 Å². The molecule has 0 saturated carbocycles. The van der Waals surface area contributed by atoms with Crippen molar-refractivity contribution in [3.05, 3.63) is 67.0 Å². The molecule has 0 bridgehead atoms. The van der Waals surface area contributed by atoms with E-state index in [1.165, 1.54) is 0 Å². The van der Waals surface area contributed by atoms with Gasteiger partial charge in [-0.2, -0.15) is 0 Å². The molecule has 4 heteroatoms. The molecular weight excluding hydrogens is 274 g/mol. The molecular formula is C18H17N3O. The summed E-state index contributed by atoms with van der Waals surface area (Å²) in [5, 5.41) is 0. The highest BCUT2D eigenvalue weighted by atomic mass is 16.5. The number of ether oxygens (including phenoxy) is 1. The van der Waals surface area contributed by atoms with E-state index < -0.39 is 0 Å². The van der Waals surface area contributed by atoms with Crippen molar-refractivity contribution in [2.45, 2.75) is 0 Å². The van der Waals surface area contributed by atoms with Gasteiger partial charge in [0.05, 0.1) is 7.11 Å². The molecule has 2 aromatic carbocycles. The molecule has 0 saturated heterocycles. The van der Waals surface area contributed by atoms with Crippen molar-refractivity contribution in [2.75, 3.05) is 19.1 Å². The molecule has 0 unspecified atom stereocenters. The molecule has 110 valence electrons. The number of anilines is 2. The second-order valence-electron chi connectivity index (χ2n) is 4.90. The van der Waals surface area contributed by atoms with Gasteiger partial charge in [0.1, 0.15) is 5.75 Å². The Morgan fingerprint density at radius 2 is 1.59 bits per heavy atom. The minimum atomic E-state index is 0.665. The Morgan fingerprint density at radius 1 is 0.864 bits per heavy atom. The molecule has 0 aliphatic heterocycles. The number of rotatable bonds is 4. The van der Waals surface area contributed by atoms with E-state index in [0.29, 0.717) is 5.95 Å². The number of para-hydroxylation sites is 1. The molecule has 0 radical (unpaired) electrons. The number of benzene rings is 2. The second kappa shape index (κ2) is 6.26. The van der Waals surface area contributed by atoms with Crippen molar-refractivity contribution >= 4 is 11.6 Å². The van der Waals surface area contributed by atoms with Gasteiger partial charge in [-0.15, -0.1) is 0 Å². The van der Waals surface area contributed by atoms with Crippen LogP contribution >= 0.6 is 0 Å². The molecule has 4 nitrogen and oxygen atoms in total. The average Bonchev–Trinajstić information content (AvgIpc) is 2.62. The maximum atomic E-state index is 5.25. The molecule has 3 rings (SSSR count). The largest absolute Gasteiger partial charge is 0.497 e. The van der Waals surface area contributed by atoms with E-state index in [1.54, 1.807) is 7.11 Å². The number of nitrogens with zero attached hydrogens (tertiary/aromatic N) is 3. The van der Waals surface area contributed by atoms with Gasteiger partial charge >= 0.3 is 0 Å². The van der Waals surface area contributed by atoms with E-state index in [2.05, 4.69) is 9.97 Å². The fraction of sp³-hybridized carbons (Fsp3) is 0.111. The molecule has 0 atom stereocenters. The maximum absolute atomic E-state index is 5.25. The first-order valence-corrected chi connectivity index (χ1v) is 7.03. The summed E-state index contributed by atoms with van der Waals surface area (Å²) < 4.78 is 5.25. The summed E-state index contributed by atoms with van der Waals surface area (Å²) in [5.41, 5.74) is 3.05. The monoisotopic (exact) mass is 291 g/mol. The van der Waals surface area contributed by atoms with Gasteiger partial charge < -0.3 is 9.64 Å². The summed E-state index contributed by atoms with van der Waals surface area (Å²) in [4.78, 5) is 10.9. The van der Waals surface area contributed by atoms with Crippen molar-refractivity contribution in [3.8, 4) is 16.9 Å². The lowest BCUT2D eigenvalue weighted by atomic mass is 10.1. The Morgan fingerprint density at radius 3 is 2.27 bits per heavy atom. The summed E-state index contributed by atoms with van der Waals surface area (Å²) >= 11 is 0. The van der Waals surface area contributed by atoms with Crippen molar-refractivity contribution in [1.29, 1.82) is 0 Å². The van der Waals surface area contributed by atoms with Crippen LogP contribution in [0.2, 0.25) is 0 Å². The average molecular weight is 291 g/mol. The molecule has 1 aromatic heterocycles. The van der Waals surface area contributed by atoms with Crippen molar-refractivity contribution in [2.24, 2.45) is 0 Å². The zero-order valence-corrected chi connectivity index (χ0v) is 12.6. The molecule has 0 spiro atoms. The third kappa shape index (κ3) is 2.91. The van der Waals surface area contributed by atoms with Crippen LogP contribution in [-0.4, -0.2) is 24.1 Å². The van der Waals surface area contributed by atoms with Crippen molar-refractivity contribution in [1.82, 2.24) is 9.97 Å². The third-order valence-corrected chi connectivity index (χ3v) is 3.48. The lowest BCUT2D eigenvalue weighted by molar-refractivity contribution is 0.415. The van der Waals surface area contributed by atoms with E-state index in [9.17, 15) is 0 Å². The van der Waals surface area contributed by atoms with Gasteiger partial charge in [-0.3, -0.25) is 0 Å².